The zero-order chi connectivity index (χ0) is 21.1. The minimum atomic E-state index is 0.615. The number of rotatable bonds is 5. The molecule has 4 rings (SSSR count). The summed E-state index contributed by atoms with van der Waals surface area (Å²) in [5.74, 6) is 2.82. The molecule has 4 aromatic carbocycles. The maximum Gasteiger partial charge on any atom is 0.150 e. The van der Waals surface area contributed by atoms with Crippen LogP contribution in [0.2, 0.25) is 0 Å². The summed E-state index contributed by atoms with van der Waals surface area (Å²) in [7, 11) is 0. The number of anilines is 2. The smallest absolute Gasteiger partial charge is 0.150 e. The highest BCUT2D eigenvalue weighted by atomic mass is 16.5. The maximum absolute atomic E-state index is 5.98. The van der Waals surface area contributed by atoms with Crippen molar-refractivity contribution in [3.8, 4) is 34.1 Å². The van der Waals surface area contributed by atoms with Crippen molar-refractivity contribution in [3.05, 3.63) is 96.1 Å². The Morgan fingerprint density at radius 1 is 0.533 bits per heavy atom. The molecule has 0 aliphatic carbocycles. The van der Waals surface area contributed by atoms with E-state index in [2.05, 4.69) is 26.0 Å². The zero-order valence-corrected chi connectivity index (χ0v) is 17.1. The highest BCUT2D eigenvalue weighted by Gasteiger charge is 2.10. The van der Waals surface area contributed by atoms with Crippen LogP contribution < -0.4 is 20.9 Å². The Balaban J connectivity index is 1.58. The van der Waals surface area contributed by atoms with E-state index in [4.69, 9.17) is 20.9 Å². The fraction of sp³-hybridized carbons (Fsp3) is 0.0769. The molecule has 0 fully saturated rings. The third-order valence-corrected chi connectivity index (χ3v) is 4.98. The van der Waals surface area contributed by atoms with Gasteiger partial charge in [-0.15, -0.1) is 0 Å². The van der Waals surface area contributed by atoms with Crippen LogP contribution in [-0.4, -0.2) is 0 Å². The molecular weight excluding hydrogens is 372 g/mol. The number of aryl methyl sites for hydroxylation is 2. The third-order valence-electron chi connectivity index (χ3n) is 4.98. The molecule has 30 heavy (non-hydrogen) atoms. The standard InChI is InChI=1S/C26H24N2O2/c1-17-15-19(29-25-9-5-3-7-23(25)27)11-13-21(17)22-14-12-20(16-18(22)2)30-26-10-6-4-8-24(26)28/h3-16H,27-28H2,1-2H3. The first-order chi connectivity index (χ1) is 14.5. The van der Waals surface area contributed by atoms with Crippen molar-refractivity contribution < 1.29 is 9.47 Å². The fourth-order valence-corrected chi connectivity index (χ4v) is 3.40. The Morgan fingerprint density at radius 2 is 0.933 bits per heavy atom. The summed E-state index contributed by atoms with van der Waals surface area (Å²) in [4.78, 5) is 0. The normalized spacial score (nSPS) is 10.6. The summed E-state index contributed by atoms with van der Waals surface area (Å²) < 4.78 is 11.9. The average Bonchev–Trinajstić information content (AvgIpc) is 2.72. The monoisotopic (exact) mass is 396 g/mol. The molecule has 0 aromatic heterocycles. The van der Waals surface area contributed by atoms with Crippen molar-refractivity contribution in [2.45, 2.75) is 13.8 Å². The van der Waals surface area contributed by atoms with Gasteiger partial charge >= 0.3 is 0 Å². The molecule has 0 spiro atoms. The van der Waals surface area contributed by atoms with Crippen molar-refractivity contribution in [1.29, 1.82) is 0 Å². The molecule has 0 aliphatic rings. The van der Waals surface area contributed by atoms with Gasteiger partial charge in [-0.25, -0.2) is 0 Å². The van der Waals surface area contributed by atoms with Gasteiger partial charge in [0.1, 0.15) is 23.0 Å². The Morgan fingerprint density at radius 3 is 1.30 bits per heavy atom. The van der Waals surface area contributed by atoms with Crippen LogP contribution >= 0.6 is 0 Å². The van der Waals surface area contributed by atoms with Gasteiger partial charge in [-0.2, -0.15) is 0 Å². The van der Waals surface area contributed by atoms with E-state index in [9.17, 15) is 0 Å². The molecule has 4 heteroatoms. The topological polar surface area (TPSA) is 70.5 Å². The quantitative estimate of drug-likeness (QED) is 0.367. The molecule has 4 nitrogen and oxygen atoms in total. The van der Waals surface area contributed by atoms with E-state index in [0.29, 0.717) is 22.9 Å². The summed E-state index contributed by atoms with van der Waals surface area (Å²) in [5, 5.41) is 0. The molecule has 0 radical (unpaired) electrons. The van der Waals surface area contributed by atoms with Gasteiger partial charge in [-0.3, -0.25) is 0 Å². The summed E-state index contributed by atoms with van der Waals surface area (Å²) in [6.07, 6.45) is 0. The molecule has 0 atom stereocenters. The predicted molar refractivity (Wildman–Crippen MR) is 123 cm³/mol. The molecule has 4 N–H and O–H groups in total. The van der Waals surface area contributed by atoms with E-state index in [-0.39, 0.29) is 0 Å². The molecule has 0 amide bonds. The minimum absolute atomic E-state index is 0.615. The van der Waals surface area contributed by atoms with E-state index >= 15 is 0 Å². The minimum Gasteiger partial charge on any atom is -0.455 e. The molecule has 0 saturated carbocycles. The SMILES string of the molecule is Cc1cc(Oc2ccccc2N)ccc1-c1ccc(Oc2ccccc2N)cc1C. The summed E-state index contributed by atoms with van der Waals surface area (Å²) in [6.45, 7) is 4.15. The number of hydrogen-bond donors (Lipinski definition) is 2. The van der Waals surface area contributed by atoms with E-state index in [1.165, 1.54) is 0 Å². The van der Waals surface area contributed by atoms with Gasteiger partial charge in [0.25, 0.3) is 0 Å². The molecule has 0 heterocycles. The summed E-state index contributed by atoms with van der Waals surface area (Å²) in [5.41, 5.74) is 17.7. The number of nitrogen functional groups attached to an aromatic ring is 2. The highest BCUT2D eigenvalue weighted by molar-refractivity contribution is 5.72. The van der Waals surface area contributed by atoms with Gasteiger partial charge in [0.2, 0.25) is 0 Å². The van der Waals surface area contributed by atoms with Crippen LogP contribution in [-0.2, 0) is 0 Å². The third kappa shape index (κ3) is 4.08. The number of nitrogens with two attached hydrogens (primary N) is 2. The Hall–Kier alpha value is -3.92. The van der Waals surface area contributed by atoms with Gasteiger partial charge in [-0.1, -0.05) is 36.4 Å². The van der Waals surface area contributed by atoms with Crippen molar-refractivity contribution in [2.75, 3.05) is 11.5 Å². The lowest BCUT2D eigenvalue weighted by atomic mass is 9.96. The molecular formula is C26H24N2O2. The Labute approximate surface area is 176 Å². The van der Waals surface area contributed by atoms with E-state index in [0.717, 1.165) is 33.8 Å². The van der Waals surface area contributed by atoms with E-state index in [1.54, 1.807) is 0 Å². The van der Waals surface area contributed by atoms with Crippen LogP contribution in [0.3, 0.4) is 0 Å². The second-order valence-electron chi connectivity index (χ2n) is 7.23. The molecule has 4 aromatic rings. The first-order valence-corrected chi connectivity index (χ1v) is 9.77. The Kier molecular flexibility index (Phi) is 5.31. The maximum atomic E-state index is 5.98. The first-order valence-electron chi connectivity index (χ1n) is 9.77. The second kappa shape index (κ2) is 8.21. The number of benzene rings is 4. The number of ether oxygens (including phenoxy) is 2. The van der Waals surface area contributed by atoms with Gasteiger partial charge in [-0.05, 0) is 84.6 Å². The molecule has 0 unspecified atom stereocenters. The van der Waals surface area contributed by atoms with E-state index in [1.807, 2.05) is 72.8 Å². The fourth-order valence-electron chi connectivity index (χ4n) is 3.40. The summed E-state index contributed by atoms with van der Waals surface area (Å²) in [6, 6.07) is 27.1. The van der Waals surface area contributed by atoms with Gasteiger partial charge < -0.3 is 20.9 Å². The van der Waals surface area contributed by atoms with Gasteiger partial charge in [0.05, 0.1) is 11.4 Å². The van der Waals surface area contributed by atoms with Crippen LogP contribution in [0.1, 0.15) is 11.1 Å². The largest absolute Gasteiger partial charge is 0.455 e. The molecule has 0 saturated heterocycles. The molecule has 150 valence electrons. The van der Waals surface area contributed by atoms with Crippen LogP contribution in [0.15, 0.2) is 84.9 Å². The van der Waals surface area contributed by atoms with Crippen molar-refractivity contribution in [3.63, 3.8) is 0 Å². The second-order valence-corrected chi connectivity index (χ2v) is 7.23. The van der Waals surface area contributed by atoms with Crippen LogP contribution in [0.5, 0.6) is 23.0 Å². The summed E-state index contributed by atoms with van der Waals surface area (Å²) >= 11 is 0. The van der Waals surface area contributed by atoms with Crippen molar-refractivity contribution in [2.24, 2.45) is 0 Å². The lowest BCUT2D eigenvalue weighted by molar-refractivity contribution is 0.484. The van der Waals surface area contributed by atoms with Crippen molar-refractivity contribution >= 4 is 11.4 Å². The lowest BCUT2D eigenvalue weighted by Crippen LogP contribution is -1.94. The molecule has 0 aliphatic heterocycles. The van der Waals surface area contributed by atoms with Gasteiger partial charge in [0, 0.05) is 0 Å². The number of hydrogen-bond acceptors (Lipinski definition) is 4. The van der Waals surface area contributed by atoms with Crippen molar-refractivity contribution in [1.82, 2.24) is 0 Å². The van der Waals surface area contributed by atoms with Crippen LogP contribution in [0.4, 0.5) is 11.4 Å². The van der Waals surface area contributed by atoms with Gasteiger partial charge in [0.15, 0.2) is 0 Å². The average molecular weight is 396 g/mol. The van der Waals surface area contributed by atoms with Crippen LogP contribution in [0, 0.1) is 13.8 Å². The zero-order valence-electron chi connectivity index (χ0n) is 17.1. The van der Waals surface area contributed by atoms with Crippen LogP contribution in [0.25, 0.3) is 11.1 Å². The highest BCUT2D eigenvalue weighted by Crippen LogP contribution is 2.35. The molecule has 0 bridgehead atoms. The number of para-hydroxylation sites is 4. The Bertz CT molecular complexity index is 1110. The lowest BCUT2D eigenvalue weighted by Gasteiger charge is -2.14. The first kappa shape index (κ1) is 19.4. The predicted octanol–water partition coefficient (Wildman–Crippen LogP) is 6.72. The van der Waals surface area contributed by atoms with E-state index < -0.39 is 0 Å².